The zero-order chi connectivity index (χ0) is 14.4. The van der Waals surface area contributed by atoms with E-state index in [1.807, 2.05) is 18.3 Å². The third-order valence-corrected chi connectivity index (χ3v) is 3.67. The Morgan fingerprint density at radius 1 is 1.25 bits per heavy atom. The Morgan fingerprint density at radius 2 is 2.00 bits per heavy atom. The van der Waals surface area contributed by atoms with Gasteiger partial charge in [-0.25, -0.2) is 0 Å². The van der Waals surface area contributed by atoms with Crippen molar-refractivity contribution in [2.45, 2.75) is 25.9 Å². The van der Waals surface area contributed by atoms with Gasteiger partial charge < -0.3 is 10.1 Å². The molecule has 3 nitrogen and oxygen atoms in total. The van der Waals surface area contributed by atoms with Crippen LogP contribution < -0.4 is 10.1 Å². The quantitative estimate of drug-likeness (QED) is 0.863. The summed E-state index contributed by atoms with van der Waals surface area (Å²) in [4.78, 5) is 4.18. The van der Waals surface area contributed by atoms with Crippen molar-refractivity contribution in [1.29, 1.82) is 0 Å². The fraction of sp³-hybridized carbons (Fsp3) is 0.312. The number of nitrogens with one attached hydrogen (secondary N) is 1. The van der Waals surface area contributed by atoms with E-state index in [9.17, 15) is 0 Å². The summed E-state index contributed by atoms with van der Waals surface area (Å²) >= 11 is 3.44. The van der Waals surface area contributed by atoms with Crippen LogP contribution in [-0.2, 0) is 6.54 Å². The number of aromatic nitrogens is 1. The number of nitrogens with zero attached hydrogens (tertiary/aromatic N) is 1. The molecule has 0 amide bonds. The monoisotopic (exact) mass is 334 g/mol. The molecule has 0 aliphatic carbocycles. The summed E-state index contributed by atoms with van der Waals surface area (Å²) in [6.07, 6.45) is 4.72. The molecule has 20 heavy (non-hydrogen) atoms. The van der Waals surface area contributed by atoms with Crippen LogP contribution in [0.25, 0.3) is 0 Å². The Morgan fingerprint density at radius 3 is 2.60 bits per heavy atom. The van der Waals surface area contributed by atoms with Crippen LogP contribution in [0, 0.1) is 0 Å². The van der Waals surface area contributed by atoms with E-state index in [2.05, 4.69) is 51.4 Å². The number of ether oxygens (including phenoxy) is 1. The fourth-order valence-corrected chi connectivity index (χ4v) is 2.54. The second kappa shape index (κ2) is 7.41. The smallest absolute Gasteiger partial charge is 0.118 e. The van der Waals surface area contributed by atoms with Gasteiger partial charge in [-0.05, 0) is 51.7 Å². The molecule has 1 N–H and O–H groups in total. The van der Waals surface area contributed by atoms with Crippen LogP contribution in [0.1, 0.15) is 30.5 Å². The minimum Gasteiger partial charge on any atom is -0.497 e. The maximum atomic E-state index is 5.19. The summed E-state index contributed by atoms with van der Waals surface area (Å²) in [6, 6.07) is 10.6. The van der Waals surface area contributed by atoms with E-state index in [1.54, 1.807) is 13.3 Å². The van der Waals surface area contributed by atoms with E-state index in [4.69, 9.17) is 4.74 Å². The van der Waals surface area contributed by atoms with Gasteiger partial charge in [-0.2, -0.15) is 0 Å². The molecule has 0 bridgehead atoms. The minimum atomic E-state index is 0.333. The molecule has 0 aliphatic heterocycles. The van der Waals surface area contributed by atoms with Gasteiger partial charge in [0.05, 0.1) is 7.11 Å². The topological polar surface area (TPSA) is 34.2 Å². The van der Waals surface area contributed by atoms with E-state index in [0.29, 0.717) is 6.04 Å². The molecule has 1 aromatic heterocycles. The highest BCUT2D eigenvalue weighted by Gasteiger charge is 2.09. The first-order valence-electron chi connectivity index (χ1n) is 6.69. The molecule has 106 valence electrons. The maximum Gasteiger partial charge on any atom is 0.118 e. The third-order valence-electron chi connectivity index (χ3n) is 3.24. The Labute approximate surface area is 128 Å². The second-order valence-corrected chi connectivity index (χ2v) is 5.54. The number of rotatable bonds is 6. The van der Waals surface area contributed by atoms with Crippen molar-refractivity contribution < 1.29 is 4.74 Å². The lowest BCUT2D eigenvalue weighted by atomic mass is 10.0. The molecular formula is C16H19BrN2O. The molecule has 0 fully saturated rings. The molecule has 0 saturated carbocycles. The molecule has 0 aliphatic rings. The molecule has 2 rings (SSSR count). The second-order valence-electron chi connectivity index (χ2n) is 4.63. The lowest BCUT2D eigenvalue weighted by Gasteiger charge is -2.18. The SMILES string of the molecule is CCC(NCc1cncc(Br)c1)c1ccc(OC)cc1. The van der Waals surface area contributed by atoms with Gasteiger partial charge in [-0.15, -0.1) is 0 Å². The van der Waals surface area contributed by atoms with Gasteiger partial charge in [0.2, 0.25) is 0 Å². The molecule has 1 unspecified atom stereocenters. The number of halogens is 1. The highest BCUT2D eigenvalue weighted by molar-refractivity contribution is 9.10. The lowest BCUT2D eigenvalue weighted by Crippen LogP contribution is -2.20. The average Bonchev–Trinajstić information content (AvgIpc) is 2.48. The van der Waals surface area contributed by atoms with Crippen molar-refractivity contribution in [2.24, 2.45) is 0 Å². The molecule has 4 heteroatoms. The zero-order valence-electron chi connectivity index (χ0n) is 11.8. The summed E-state index contributed by atoms with van der Waals surface area (Å²) in [5, 5.41) is 3.57. The predicted molar refractivity (Wildman–Crippen MR) is 84.8 cm³/mol. The van der Waals surface area contributed by atoms with Gasteiger partial charge in [-0.1, -0.05) is 19.1 Å². The number of hydrogen-bond donors (Lipinski definition) is 1. The van der Waals surface area contributed by atoms with Crippen LogP contribution in [0.2, 0.25) is 0 Å². The van der Waals surface area contributed by atoms with Gasteiger partial charge in [-0.3, -0.25) is 4.98 Å². The molecule has 1 atom stereocenters. The predicted octanol–water partition coefficient (Wildman–Crippen LogP) is 4.09. The van der Waals surface area contributed by atoms with E-state index < -0.39 is 0 Å². The molecule has 2 aromatic rings. The van der Waals surface area contributed by atoms with E-state index >= 15 is 0 Å². The molecular weight excluding hydrogens is 316 g/mol. The van der Waals surface area contributed by atoms with Crippen molar-refractivity contribution in [2.75, 3.05) is 7.11 Å². The first kappa shape index (κ1) is 15.0. The number of hydrogen-bond acceptors (Lipinski definition) is 3. The number of pyridine rings is 1. The lowest BCUT2D eigenvalue weighted by molar-refractivity contribution is 0.414. The van der Waals surface area contributed by atoms with Crippen molar-refractivity contribution >= 4 is 15.9 Å². The van der Waals surface area contributed by atoms with Crippen molar-refractivity contribution in [3.05, 3.63) is 58.3 Å². The van der Waals surface area contributed by atoms with Crippen LogP contribution in [0.3, 0.4) is 0 Å². The number of benzene rings is 1. The molecule has 0 saturated heterocycles. The molecule has 1 heterocycles. The fourth-order valence-electron chi connectivity index (χ4n) is 2.13. The first-order valence-corrected chi connectivity index (χ1v) is 7.49. The van der Waals surface area contributed by atoms with Crippen LogP contribution in [0.15, 0.2) is 47.2 Å². The Bertz CT molecular complexity index is 542. The first-order chi connectivity index (χ1) is 9.72. The van der Waals surface area contributed by atoms with Crippen LogP contribution in [0.5, 0.6) is 5.75 Å². The van der Waals surface area contributed by atoms with Crippen LogP contribution in [-0.4, -0.2) is 12.1 Å². The summed E-state index contributed by atoms with van der Waals surface area (Å²) in [6.45, 7) is 2.98. The van der Waals surface area contributed by atoms with E-state index in [1.165, 1.54) is 11.1 Å². The summed E-state index contributed by atoms with van der Waals surface area (Å²) in [5.74, 6) is 0.889. The van der Waals surface area contributed by atoms with Crippen LogP contribution in [0.4, 0.5) is 0 Å². The Hall–Kier alpha value is -1.39. The van der Waals surface area contributed by atoms with Crippen molar-refractivity contribution in [3.8, 4) is 5.75 Å². The largest absolute Gasteiger partial charge is 0.497 e. The summed E-state index contributed by atoms with van der Waals surface area (Å²) in [5.41, 5.74) is 2.45. The number of methoxy groups -OCH3 is 1. The molecule has 1 aromatic carbocycles. The summed E-state index contributed by atoms with van der Waals surface area (Å²) in [7, 11) is 1.69. The Kier molecular flexibility index (Phi) is 5.56. The highest BCUT2D eigenvalue weighted by atomic mass is 79.9. The third kappa shape index (κ3) is 4.05. The van der Waals surface area contributed by atoms with Gasteiger partial charge in [0.25, 0.3) is 0 Å². The summed E-state index contributed by atoms with van der Waals surface area (Å²) < 4.78 is 6.20. The van der Waals surface area contributed by atoms with E-state index in [0.717, 1.165) is 23.2 Å². The van der Waals surface area contributed by atoms with Crippen LogP contribution >= 0.6 is 15.9 Å². The van der Waals surface area contributed by atoms with Crippen molar-refractivity contribution in [1.82, 2.24) is 10.3 Å². The van der Waals surface area contributed by atoms with Gasteiger partial charge in [0, 0.05) is 29.5 Å². The Balaban J connectivity index is 2.01. The van der Waals surface area contributed by atoms with Gasteiger partial charge >= 0.3 is 0 Å². The highest BCUT2D eigenvalue weighted by Crippen LogP contribution is 2.20. The van der Waals surface area contributed by atoms with Gasteiger partial charge in [0.15, 0.2) is 0 Å². The molecule has 0 spiro atoms. The zero-order valence-corrected chi connectivity index (χ0v) is 13.4. The van der Waals surface area contributed by atoms with Crippen molar-refractivity contribution in [3.63, 3.8) is 0 Å². The van der Waals surface area contributed by atoms with Gasteiger partial charge in [0.1, 0.15) is 5.75 Å². The van der Waals surface area contributed by atoms with E-state index in [-0.39, 0.29) is 0 Å². The maximum absolute atomic E-state index is 5.19. The average molecular weight is 335 g/mol. The normalized spacial score (nSPS) is 12.2. The molecule has 0 radical (unpaired) electrons. The standard InChI is InChI=1S/C16H19BrN2O/c1-3-16(13-4-6-15(20-2)7-5-13)19-10-12-8-14(17)11-18-9-12/h4-9,11,16,19H,3,10H2,1-2H3. The minimum absolute atomic E-state index is 0.333.